The molecule has 0 fully saturated rings. The molecule has 98 valence electrons. The molecule has 0 bridgehead atoms. The smallest absolute Gasteiger partial charge is 0.248 e. The van der Waals surface area contributed by atoms with Gasteiger partial charge in [-0.1, -0.05) is 23.2 Å². The summed E-state index contributed by atoms with van der Waals surface area (Å²) in [5.41, 5.74) is 0.0864. The van der Waals surface area contributed by atoms with E-state index in [1.54, 1.807) is 18.2 Å². The number of halogens is 3. The zero-order valence-electron chi connectivity index (χ0n) is 9.49. The van der Waals surface area contributed by atoms with E-state index in [4.69, 9.17) is 23.2 Å². The molecular formula is C13H8Cl2FNOS. The second-order valence-corrected chi connectivity index (χ2v) is 5.77. The number of amides is 1. The monoisotopic (exact) mass is 315 g/mol. The van der Waals surface area contributed by atoms with Crippen LogP contribution in [0.2, 0.25) is 9.36 Å². The normalized spacial score (nSPS) is 10.9. The molecule has 0 unspecified atom stereocenters. The largest absolute Gasteiger partial charge is 0.320 e. The predicted octanol–water partition coefficient (Wildman–Crippen LogP) is 4.85. The Morgan fingerprint density at radius 1 is 1.26 bits per heavy atom. The molecule has 2 rings (SSSR count). The summed E-state index contributed by atoms with van der Waals surface area (Å²) < 4.78 is 14.1. The number of benzene rings is 1. The molecule has 2 aromatic rings. The minimum absolute atomic E-state index is 0.0864. The van der Waals surface area contributed by atoms with Crippen molar-refractivity contribution >= 4 is 52.2 Å². The number of nitrogens with one attached hydrogen (secondary N) is 1. The Balaban J connectivity index is 2.03. The molecule has 0 aliphatic carbocycles. The number of anilines is 1. The third kappa shape index (κ3) is 4.06. The van der Waals surface area contributed by atoms with Crippen LogP contribution in [0.15, 0.2) is 36.4 Å². The van der Waals surface area contributed by atoms with Crippen LogP contribution in [-0.2, 0) is 4.79 Å². The predicted molar refractivity (Wildman–Crippen MR) is 78.4 cm³/mol. The van der Waals surface area contributed by atoms with Crippen molar-refractivity contribution in [2.45, 2.75) is 0 Å². The number of hydrogen-bond donors (Lipinski definition) is 1. The second kappa shape index (κ2) is 6.19. The molecular weight excluding hydrogens is 308 g/mol. The summed E-state index contributed by atoms with van der Waals surface area (Å²) in [5.74, 6) is -1.00. The molecule has 1 aromatic heterocycles. The minimum Gasteiger partial charge on any atom is -0.320 e. The van der Waals surface area contributed by atoms with Crippen LogP contribution < -0.4 is 5.32 Å². The Morgan fingerprint density at radius 2 is 2.05 bits per heavy atom. The average molecular weight is 316 g/mol. The summed E-state index contributed by atoms with van der Waals surface area (Å²) in [6.07, 6.45) is 2.93. The van der Waals surface area contributed by atoms with Crippen LogP contribution in [-0.4, -0.2) is 5.91 Å². The van der Waals surface area contributed by atoms with Crippen molar-refractivity contribution in [3.8, 4) is 0 Å². The van der Waals surface area contributed by atoms with Gasteiger partial charge in [-0.05, 0) is 36.4 Å². The first kappa shape index (κ1) is 14.1. The maximum absolute atomic E-state index is 13.4. The third-order valence-corrected chi connectivity index (χ3v) is 3.61. The highest BCUT2D eigenvalue weighted by molar-refractivity contribution is 7.17. The molecule has 19 heavy (non-hydrogen) atoms. The first-order valence-corrected chi connectivity index (χ1v) is 6.81. The molecule has 6 heteroatoms. The second-order valence-electron chi connectivity index (χ2n) is 3.59. The van der Waals surface area contributed by atoms with E-state index < -0.39 is 11.7 Å². The number of carbonyl (C=O) groups excluding carboxylic acids is 1. The molecule has 1 N–H and O–H groups in total. The zero-order chi connectivity index (χ0) is 13.8. The van der Waals surface area contributed by atoms with Gasteiger partial charge < -0.3 is 5.32 Å². The average Bonchev–Trinajstić information content (AvgIpc) is 2.76. The van der Waals surface area contributed by atoms with Gasteiger partial charge >= 0.3 is 0 Å². The summed E-state index contributed by atoms with van der Waals surface area (Å²) >= 11 is 12.7. The number of thiophene rings is 1. The highest BCUT2D eigenvalue weighted by Gasteiger charge is 2.05. The molecule has 0 radical (unpaired) electrons. The van der Waals surface area contributed by atoms with Crippen LogP contribution in [0.25, 0.3) is 6.08 Å². The van der Waals surface area contributed by atoms with Crippen LogP contribution >= 0.6 is 34.5 Å². The SMILES string of the molecule is O=C(C=Cc1ccc(Cl)s1)Nc1ccc(Cl)cc1F. The van der Waals surface area contributed by atoms with Gasteiger partial charge in [0.15, 0.2) is 0 Å². The topological polar surface area (TPSA) is 29.1 Å². The lowest BCUT2D eigenvalue weighted by molar-refractivity contribution is -0.111. The van der Waals surface area contributed by atoms with Gasteiger partial charge in [0.1, 0.15) is 5.82 Å². The lowest BCUT2D eigenvalue weighted by Gasteiger charge is -2.03. The minimum atomic E-state index is -0.576. The molecule has 2 nitrogen and oxygen atoms in total. The van der Waals surface area contributed by atoms with Gasteiger partial charge in [0.25, 0.3) is 0 Å². The van der Waals surface area contributed by atoms with Crippen LogP contribution in [0.1, 0.15) is 4.88 Å². The fourth-order valence-electron chi connectivity index (χ4n) is 1.34. The van der Waals surface area contributed by atoms with Crippen LogP contribution in [0, 0.1) is 5.82 Å². The number of carbonyl (C=O) groups is 1. The molecule has 0 aliphatic rings. The lowest BCUT2D eigenvalue weighted by Crippen LogP contribution is -2.09. The molecule has 0 aliphatic heterocycles. The van der Waals surface area contributed by atoms with Gasteiger partial charge in [0.05, 0.1) is 10.0 Å². The van der Waals surface area contributed by atoms with E-state index in [9.17, 15) is 9.18 Å². The van der Waals surface area contributed by atoms with Crippen LogP contribution in [0.4, 0.5) is 10.1 Å². The van der Waals surface area contributed by atoms with Crippen molar-refractivity contribution in [2.24, 2.45) is 0 Å². The Kier molecular flexibility index (Phi) is 4.58. The standard InChI is InChI=1S/C13H8Cl2FNOS/c14-8-1-4-11(10(16)7-8)17-13(18)6-3-9-2-5-12(15)19-9/h1-7H,(H,17,18). The summed E-state index contributed by atoms with van der Waals surface area (Å²) in [6.45, 7) is 0. The maximum atomic E-state index is 13.4. The van der Waals surface area contributed by atoms with Gasteiger partial charge in [0, 0.05) is 16.0 Å². The summed E-state index contributed by atoms with van der Waals surface area (Å²) in [6, 6.07) is 7.58. The van der Waals surface area contributed by atoms with Gasteiger partial charge in [-0.2, -0.15) is 0 Å². The van der Waals surface area contributed by atoms with Crippen molar-refractivity contribution in [3.05, 3.63) is 56.5 Å². The van der Waals surface area contributed by atoms with E-state index >= 15 is 0 Å². The quantitative estimate of drug-likeness (QED) is 0.806. The van der Waals surface area contributed by atoms with E-state index in [1.807, 2.05) is 0 Å². The zero-order valence-corrected chi connectivity index (χ0v) is 11.8. The van der Waals surface area contributed by atoms with E-state index in [2.05, 4.69) is 5.32 Å². The fourth-order valence-corrected chi connectivity index (χ4v) is 2.46. The Labute approximate surface area is 123 Å². The van der Waals surface area contributed by atoms with Crippen molar-refractivity contribution in [1.82, 2.24) is 0 Å². The van der Waals surface area contributed by atoms with E-state index in [0.29, 0.717) is 4.34 Å². The van der Waals surface area contributed by atoms with Crippen molar-refractivity contribution in [1.29, 1.82) is 0 Å². The van der Waals surface area contributed by atoms with Gasteiger partial charge in [0.2, 0.25) is 5.91 Å². The molecule has 0 saturated carbocycles. The third-order valence-electron chi connectivity index (χ3n) is 2.18. The van der Waals surface area contributed by atoms with E-state index in [-0.39, 0.29) is 10.7 Å². The summed E-state index contributed by atoms with van der Waals surface area (Å²) in [5, 5.41) is 2.70. The lowest BCUT2D eigenvalue weighted by atomic mass is 10.3. The molecule has 0 atom stereocenters. The van der Waals surface area contributed by atoms with Gasteiger partial charge in [-0.3, -0.25) is 4.79 Å². The van der Waals surface area contributed by atoms with Crippen molar-refractivity contribution in [2.75, 3.05) is 5.32 Å². The first-order valence-electron chi connectivity index (χ1n) is 5.24. The van der Waals surface area contributed by atoms with Crippen molar-refractivity contribution < 1.29 is 9.18 Å². The molecule has 1 amide bonds. The first-order chi connectivity index (χ1) is 9.04. The highest BCUT2D eigenvalue weighted by atomic mass is 35.5. The van der Waals surface area contributed by atoms with Gasteiger partial charge in [-0.15, -0.1) is 11.3 Å². The highest BCUT2D eigenvalue weighted by Crippen LogP contribution is 2.22. The van der Waals surface area contributed by atoms with Crippen LogP contribution in [0.5, 0.6) is 0 Å². The molecule has 1 heterocycles. The molecule has 0 spiro atoms. The number of hydrogen-bond acceptors (Lipinski definition) is 2. The Bertz CT molecular complexity index is 639. The summed E-state index contributed by atoms with van der Waals surface area (Å²) in [4.78, 5) is 12.4. The van der Waals surface area contributed by atoms with Gasteiger partial charge in [-0.25, -0.2) is 4.39 Å². The number of rotatable bonds is 3. The fraction of sp³-hybridized carbons (Fsp3) is 0. The summed E-state index contributed by atoms with van der Waals surface area (Å²) in [7, 11) is 0. The van der Waals surface area contributed by atoms with E-state index in [1.165, 1.54) is 29.5 Å². The van der Waals surface area contributed by atoms with E-state index in [0.717, 1.165) is 10.9 Å². The maximum Gasteiger partial charge on any atom is 0.248 e. The molecule has 0 saturated heterocycles. The molecule has 1 aromatic carbocycles. The Hall–Kier alpha value is -1.36. The van der Waals surface area contributed by atoms with Crippen molar-refractivity contribution in [3.63, 3.8) is 0 Å². The Morgan fingerprint density at radius 3 is 2.68 bits per heavy atom. The van der Waals surface area contributed by atoms with Crippen LogP contribution in [0.3, 0.4) is 0 Å².